The van der Waals surface area contributed by atoms with Gasteiger partial charge in [0, 0.05) is 44.6 Å². The maximum absolute atomic E-state index is 12.4. The van der Waals surface area contributed by atoms with E-state index < -0.39 is 66.1 Å². The van der Waals surface area contributed by atoms with Crippen LogP contribution in [0.15, 0.2) is 48.5 Å². The maximum Gasteiger partial charge on any atom is 0.416 e. The first kappa shape index (κ1) is 43.1. The normalized spacial score (nSPS) is 13.7. The van der Waals surface area contributed by atoms with Crippen molar-refractivity contribution in [2.45, 2.75) is 58.8 Å². The van der Waals surface area contributed by atoms with Gasteiger partial charge in [0.2, 0.25) is 5.91 Å². The highest BCUT2D eigenvalue weighted by atomic mass is 36.0. The number of halogens is 9. The van der Waals surface area contributed by atoms with Gasteiger partial charge >= 0.3 is 20.6 Å². The van der Waals surface area contributed by atoms with Crippen molar-refractivity contribution in [1.29, 1.82) is 0 Å². The number of hydrogen-bond donors (Lipinski definition) is 2. The molecule has 8 nitrogen and oxygen atoms in total. The minimum absolute atomic E-state index is 0.136. The number of carbonyl (C=O) groups is 4. The van der Waals surface area contributed by atoms with Crippen LogP contribution in [0.25, 0.3) is 0 Å². The number of alkyl halides is 7. The van der Waals surface area contributed by atoms with E-state index in [2.05, 4.69) is 32.0 Å². The third kappa shape index (κ3) is 15.6. The summed E-state index contributed by atoms with van der Waals surface area (Å²) >= 11 is 5.94. The molecule has 0 bridgehead atoms. The number of nitrogens with one attached hydrogen (secondary N) is 2. The Hall–Kier alpha value is -2.88. The average Bonchev–Trinajstić information content (AvgIpc) is 2.90. The minimum Gasteiger partial charge on any atom is -0.325 e. The largest absolute Gasteiger partial charge is 0.416 e. The summed E-state index contributed by atoms with van der Waals surface area (Å²) in [5, 5.41) is 4.77. The molecular weight excluding hydrogens is 713 g/mol. The molecule has 258 valence electrons. The van der Waals surface area contributed by atoms with Gasteiger partial charge < -0.3 is 10.6 Å². The molecule has 46 heavy (non-hydrogen) atoms. The molecule has 2 unspecified atom stereocenters. The summed E-state index contributed by atoms with van der Waals surface area (Å²) in [6.07, 6.45) is -8.86. The zero-order valence-electron chi connectivity index (χ0n) is 25.1. The lowest BCUT2D eigenvalue weighted by molar-refractivity contribution is -0.138. The number of benzene rings is 2. The van der Waals surface area contributed by atoms with Crippen LogP contribution in [0.3, 0.4) is 0 Å². The maximum atomic E-state index is 12.4. The van der Waals surface area contributed by atoms with Gasteiger partial charge in [0.1, 0.15) is 5.78 Å². The lowest BCUT2D eigenvalue weighted by Crippen LogP contribution is -2.44. The lowest BCUT2D eigenvalue weighted by atomic mass is 9.95. The van der Waals surface area contributed by atoms with Gasteiger partial charge in [-0.2, -0.15) is 34.8 Å². The van der Waals surface area contributed by atoms with Crippen molar-refractivity contribution in [3.63, 3.8) is 0 Å². The summed E-state index contributed by atoms with van der Waals surface area (Å²) < 4.78 is 92.7. The Morgan fingerprint density at radius 1 is 0.674 bits per heavy atom. The predicted molar refractivity (Wildman–Crippen MR) is 164 cm³/mol. The molecule has 0 radical (unpaired) electrons. The lowest BCUT2D eigenvalue weighted by Gasteiger charge is -2.21. The van der Waals surface area contributed by atoms with Gasteiger partial charge in [-0.15, -0.1) is 11.6 Å². The summed E-state index contributed by atoms with van der Waals surface area (Å²) in [5.41, 5.74) is -1.25. The summed E-state index contributed by atoms with van der Waals surface area (Å²) in [5.74, 6) is -3.53. The van der Waals surface area contributed by atoms with Crippen LogP contribution in [0.1, 0.15) is 52.7 Å². The first-order chi connectivity index (χ1) is 20.6. The SMILES string of the molecule is CC(C)C(=O)C(C)(Cl)C(=O)Nc1ccc(C(F)(F)F)cc1.CC(C)C(=O)C(C)C(=O)Nc1ccc(C(F)(F)F)cc1.O=S(=O)(Cl)Cl. The Balaban J connectivity index is 0.000000768. The third-order valence-corrected chi connectivity index (χ3v) is 6.11. The molecule has 18 heteroatoms. The van der Waals surface area contributed by atoms with Crippen molar-refractivity contribution in [3.8, 4) is 0 Å². The number of Topliss-reactive ketones (excluding diaryl/α,β-unsaturated/α-hetero) is 2. The first-order valence-corrected chi connectivity index (χ1v) is 16.5. The van der Waals surface area contributed by atoms with Crippen molar-refractivity contribution >= 4 is 76.0 Å². The highest BCUT2D eigenvalue weighted by Crippen LogP contribution is 2.31. The van der Waals surface area contributed by atoms with Crippen LogP contribution < -0.4 is 10.6 Å². The number of ketones is 2. The van der Waals surface area contributed by atoms with Crippen LogP contribution in [-0.2, 0) is 39.8 Å². The van der Waals surface area contributed by atoms with Gasteiger partial charge in [-0.3, -0.25) is 19.2 Å². The second-order valence-electron chi connectivity index (χ2n) is 10.3. The van der Waals surface area contributed by atoms with Gasteiger partial charge in [-0.05, 0) is 62.4 Å². The predicted octanol–water partition coefficient (Wildman–Crippen LogP) is 8.08. The number of hydrogen-bond acceptors (Lipinski definition) is 6. The van der Waals surface area contributed by atoms with Gasteiger partial charge in [0.15, 0.2) is 10.7 Å². The van der Waals surface area contributed by atoms with E-state index in [-0.39, 0.29) is 23.1 Å². The van der Waals surface area contributed by atoms with Crippen LogP contribution in [-0.4, -0.2) is 36.7 Å². The van der Waals surface area contributed by atoms with Gasteiger partial charge in [-0.25, -0.2) is 0 Å². The number of rotatable bonds is 8. The molecule has 0 fully saturated rings. The fraction of sp³-hybridized carbons (Fsp3) is 0.429. The second-order valence-corrected chi connectivity index (χ2v) is 14.7. The van der Waals surface area contributed by atoms with E-state index in [1.54, 1.807) is 27.7 Å². The van der Waals surface area contributed by atoms with Gasteiger partial charge in [-0.1, -0.05) is 27.7 Å². The zero-order valence-corrected chi connectivity index (χ0v) is 28.2. The summed E-state index contributed by atoms with van der Waals surface area (Å²) in [6, 6.07) is 7.97. The van der Waals surface area contributed by atoms with Crippen LogP contribution in [0.2, 0.25) is 0 Å². The van der Waals surface area contributed by atoms with E-state index in [0.29, 0.717) is 0 Å². The molecule has 0 heterocycles. The highest BCUT2D eigenvalue weighted by Gasteiger charge is 2.40. The fourth-order valence-corrected chi connectivity index (χ4v) is 3.53. The summed E-state index contributed by atoms with van der Waals surface area (Å²) in [4.78, 5) is 45.5. The minimum atomic E-state index is -4.45. The standard InChI is InChI=1S/C14H15ClF3NO2.C14H16F3NO2.Cl2O2S/c1-8(2)11(20)13(3,15)12(21)19-10-6-4-9(5-7-10)14(16,17)18;1-8(2)12(19)9(3)13(20)18-11-6-4-10(5-7-11)14(15,16)17;1-5(2,3)4/h4-8H,1-3H3,(H,19,21);4-9H,1-3H3,(H,18,20);. The van der Waals surface area contributed by atoms with Crippen molar-refractivity contribution in [2.24, 2.45) is 17.8 Å². The summed E-state index contributed by atoms with van der Waals surface area (Å²) in [7, 11) is 4.81. The quantitative estimate of drug-likeness (QED) is 0.122. The van der Waals surface area contributed by atoms with Gasteiger partial charge in [0.25, 0.3) is 5.91 Å². The Kier molecular flexibility index (Phi) is 16.2. The molecule has 2 N–H and O–H groups in total. The van der Waals surface area contributed by atoms with Crippen LogP contribution >= 0.6 is 33.0 Å². The summed E-state index contributed by atoms with van der Waals surface area (Å²) in [6.45, 7) is 9.31. The van der Waals surface area contributed by atoms with E-state index in [1.165, 1.54) is 13.8 Å². The average molecular weight is 744 g/mol. The second kappa shape index (κ2) is 17.3. The van der Waals surface area contributed by atoms with Gasteiger partial charge in [0.05, 0.1) is 17.0 Å². The molecule has 2 atom stereocenters. The van der Waals surface area contributed by atoms with E-state index in [1.807, 2.05) is 0 Å². The van der Waals surface area contributed by atoms with Crippen LogP contribution in [0.4, 0.5) is 37.7 Å². The fourth-order valence-electron chi connectivity index (χ4n) is 3.27. The molecule has 0 spiro atoms. The molecule has 0 saturated heterocycles. The van der Waals surface area contributed by atoms with E-state index in [0.717, 1.165) is 48.5 Å². The monoisotopic (exact) mass is 742 g/mol. The van der Waals surface area contributed by atoms with E-state index in [4.69, 9.17) is 20.0 Å². The van der Waals surface area contributed by atoms with Crippen molar-refractivity contribution in [1.82, 2.24) is 0 Å². The van der Waals surface area contributed by atoms with E-state index in [9.17, 15) is 45.5 Å². The third-order valence-electron chi connectivity index (χ3n) is 5.75. The van der Waals surface area contributed by atoms with Crippen LogP contribution in [0, 0.1) is 17.8 Å². The highest BCUT2D eigenvalue weighted by molar-refractivity contribution is 8.31. The molecular formula is C28H31Cl3F6N2O6S. The molecule has 2 aromatic carbocycles. The number of anilines is 2. The van der Waals surface area contributed by atoms with E-state index >= 15 is 0 Å². The van der Waals surface area contributed by atoms with Crippen LogP contribution in [0.5, 0.6) is 0 Å². The van der Waals surface area contributed by atoms with Crippen molar-refractivity contribution in [3.05, 3.63) is 59.7 Å². The first-order valence-electron chi connectivity index (χ1n) is 13.0. The topological polar surface area (TPSA) is 126 Å². The number of amides is 2. The Morgan fingerprint density at radius 3 is 1.28 bits per heavy atom. The molecule has 0 aromatic heterocycles. The zero-order chi connectivity index (χ0) is 36.4. The van der Waals surface area contributed by atoms with Crippen molar-refractivity contribution < 1.29 is 53.9 Å². The van der Waals surface area contributed by atoms with Crippen molar-refractivity contribution in [2.75, 3.05) is 10.6 Å². The molecule has 0 aliphatic heterocycles. The molecule has 2 amide bonds. The smallest absolute Gasteiger partial charge is 0.325 e. The molecule has 0 aliphatic carbocycles. The molecule has 2 aromatic rings. The molecule has 0 aliphatic rings. The molecule has 0 saturated carbocycles. The molecule has 2 rings (SSSR count). The Labute approximate surface area is 276 Å². The Morgan fingerprint density at radius 2 is 1.00 bits per heavy atom. The number of carbonyl (C=O) groups excluding carboxylic acids is 4. The Bertz CT molecular complexity index is 1450.